The molecule has 0 unspecified atom stereocenters. The molecule has 1 amide bonds. The summed E-state index contributed by atoms with van der Waals surface area (Å²) in [5, 5.41) is 6.12. The zero-order valence-corrected chi connectivity index (χ0v) is 12.9. The van der Waals surface area contributed by atoms with Gasteiger partial charge in [0.05, 0.1) is 0 Å². The van der Waals surface area contributed by atoms with Crippen LogP contribution in [0.5, 0.6) is 0 Å². The van der Waals surface area contributed by atoms with Crippen LogP contribution < -0.4 is 10.6 Å². The highest BCUT2D eigenvalue weighted by molar-refractivity contribution is 6.05. The van der Waals surface area contributed by atoms with Gasteiger partial charge in [-0.2, -0.15) is 0 Å². The van der Waals surface area contributed by atoms with Gasteiger partial charge in [-0.15, -0.1) is 0 Å². The van der Waals surface area contributed by atoms with Crippen LogP contribution in [0, 0.1) is 0 Å². The summed E-state index contributed by atoms with van der Waals surface area (Å²) < 4.78 is 0. The second-order valence-electron chi connectivity index (χ2n) is 4.94. The first-order valence-electron chi connectivity index (χ1n) is 7.39. The van der Waals surface area contributed by atoms with Crippen LogP contribution in [0.3, 0.4) is 0 Å². The van der Waals surface area contributed by atoms with Crippen molar-refractivity contribution in [3.8, 4) is 0 Å². The minimum Gasteiger partial charge on any atom is -0.388 e. The normalized spacial score (nSPS) is 10.2. The highest BCUT2D eigenvalue weighted by atomic mass is 16.1. The summed E-state index contributed by atoms with van der Waals surface area (Å²) in [6, 6.07) is 13.7. The van der Waals surface area contributed by atoms with Crippen molar-refractivity contribution in [1.82, 2.24) is 0 Å². The highest BCUT2D eigenvalue weighted by Gasteiger charge is 2.11. The lowest BCUT2D eigenvalue weighted by atomic mass is 10.0. The van der Waals surface area contributed by atoms with Gasteiger partial charge in [0.25, 0.3) is 5.91 Å². The van der Waals surface area contributed by atoms with Gasteiger partial charge in [-0.05, 0) is 48.2 Å². The summed E-state index contributed by atoms with van der Waals surface area (Å²) in [7, 11) is 1.86. The fraction of sp³-hybridized carbons (Fsp3) is 0.278. The Morgan fingerprint density at radius 1 is 0.952 bits per heavy atom. The number of hydrogen-bond donors (Lipinski definition) is 2. The molecule has 0 aliphatic carbocycles. The molecule has 0 fully saturated rings. The van der Waals surface area contributed by atoms with Crippen LogP contribution in [0.4, 0.5) is 11.4 Å². The molecule has 110 valence electrons. The molecule has 2 aromatic carbocycles. The van der Waals surface area contributed by atoms with Gasteiger partial charge in [0.1, 0.15) is 0 Å². The Morgan fingerprint density at radius 3 is 2.00 bits per heavy atom. The number of hydrogen-bond acceptors (Lipinski definition) is 2. The number of amides is 1. The van der Waals surface area contributed by atoms with E-state index in [-0.39, 0.29) is 5.91 Å². The van der Waals surface area contributed by atoms with Crippen molar-refractivity contribution in [2.24, 2.45) is 0 Å². The minimum absolute atomic E-state index is 0.0618. The monoisotopic (exact) mass is 282 g/mol. The first kappa shape index (κ1) is 15.1. The molecule has 2 aromatic rings. The number of anilines is 2. The SMILES string of the molecule is CCc1cccc(CC)c1NC(=O)c1ccc(NC)cc1. The summed E-state index contributed by atoms with van der Waals surface area (Å²) in [4.78, 5) is 12.4. The van der Waals surface area contributed by atoms with Gasteiger partial charge in [0.15, 0.2) is 0 Å². The third kappa shape index (κ3) is 3.43. The molecule has 0 atom stereocenters. The molecule has 0 aliphatic rings. The highest BCUT2D eigenvalue weighted by Crippen LogP contribution is 2.23. The van der Waals surface area contributed by atoms with E-state index in [2.05, 4.69) is 42.7 Å². The molecule has 0 saturated heterocycles. The smallest absolute Gasteiger partial charge is 0.255 e. The molecule has 0 radical (unpaired) electrons. The zero-order valence-electron chi connectivity index (χ0n) is 12.9. The van der Waals surface area contributed by atoms with Gasteiger partial charge in [0, 0.05) is 24.0 Å². The summed E-state index contributed by atoms with van der Waals surface area (Å²) in [5.41, 5.74) is 4.98. The topological polar surface area (TPSA) is 41.1 Å². The van der Waals surface area contributed by atoms with Gasteiger partial charge in [-0.25, -0.2) is 0 Å². The standard InChI is InChI=1S/C18H22N2O/c1-4-13-7-6-8-14(5-2)17(13)20-18(21)15-9-11-16(19-3)12-10-15/h6-12,19H,4-5H2,1-3H3,(H,20,21). The second-order valence-corrected chi connectivity index (χ2v) is 4.94. The molecule has 2 N–H and O–H groups in total. The van der Waals surface area contributed by atoms with E-state index in [1.807, 2.05) is 31.3 Å². The lowest BCUT2D eigenvalue weighted by Crippen LogP contribution is -2.14. The average molecular weight is 282 g/mol. The van der Waals surface area contributed by atoms with E-state index in [9.17, 15) is 4.79 Å². The van der Waals surface area contributed by atoms with Crippen LogP contribution in [-0.4, -0.2) is 13.0 Å². The number of aryl methyl sites for hydroxylation is 2. The molecule has 0 saturated carbocycles. The Balaban J connectivity index is 2.26. The molecule has 0 heterocycles. The predicted octanol–water partition coefficient (Wildman–Crippen LogP) is 4.11. The lowest BCUT2D eigenvalue weighted by molar-refractivity contribution is 0.102. The number of rotatable bonds is 5. The minimum atomic E-state index is -0.0618. The third-order valence-electron chi connectivity index (χ3n) is 3.67. The lowest BCUT2D eigenvalue weighted by Gasteiger charge is -2.14. The molecular formula is C18H22N2O. The zero-order chi connectivity index (χ0) is 15.2. The molecule has 3 nitrogen and oxygen atoms in total. The van der Waals surface area contributed by atoms with Crippen molar-refractivity contribution in [2.45, 2.75) is 26.7 Å². The molecule has 21 heavy (non-hydrogen) atoms. The average Bonchev–Trinajstić information content (AvgIpc) is 2.55. The fourth-order valence-electron chi connectivity index (χ4n) is 2.38. The van der Waals surface area contributed by atoms with Crippen LogP contribution in [0.15, 0.2) is 42.5 Å². The van der Waals surface area contributed by atoms with Crippen LogP contribution in [0.25, 0.3) is 0 Å². The molecule has 3 heteroatoms. The van der Waals surface area contributed by atoms with Crippen molar-refractivity contribution in [3.63, 3.8) is 0 Å². The fourth-order valence-corrected chi connectivity index (χ4v) is 2.38. The largest absolute Gasteiger partial charge is 0.388 e. The van der Waals surface area contributed by atoms with Gasteiger partial charge in [0.2, 0.25) is 0 Å². The van der Waals surface area contributed by atoms with Crippen molar-refractivity contribution in [2.75, 3.05) is 17.7 Å². The summed E-state index contributed by atoms with van der Waals surface area (Å²) in [6.07, 6.45) is 1.81. The van der Waals surface area contributed by atoms with Crippen molar-refractivity contribution in [1.29, 1.82) is 0 Å². The van der Waals surface area contributed by atoms with E-state index in [1.54, 1.807) is 0 Å². The Hall–Kier alpha value is -2.29. The second kappa shape index (κ2) is 6.93. The van der Waals surface area contributed by atoms with Crippen LogP contribution in [-0.2, 0) is 12.8 Å². The summed E-state index contributed by atoms with van der Waals surface area (Å²) >= 11 is 0. The Bertz CT molecular complexity index is 595. The molecule has 0 aromatic heterocycles. The third-order valence-corrected chi connectivity index (χ3v) is 3.67. The van der Waals surface area contributed by atoms with Gasteiger partial charge >= 0.3 is 0 Å². The van der Waals surface area contributed by atoms with E-state index in [4.69, 9.17) is 0 Å². The number of benzene rings is 2. The van der Waals surface area contributed by atoms with Crippen molar-refractivity contribution in [3.05, 3.63) is 59.2 Å². The van der Waals surface area contributed by atoms with Crippen LogP contribution in [0.2, 0.25) is 0 Å². The van der Waals surface area contributed by atoms with Crippen molar-refractivity contribution < 1.29 is 4.79 Å². The Kier molecular flexibility index (Phi) is 4.99. The maximum absolute atomic E-state index is 12.4. The Labute approximate surface area is 126 Å². The molecular weight excluding hydrogens is 260 g/mol. The van der Waals surface area contributed by atoms with E-state index < -0.39 is 0 Å². The van der Waals surface area contributed by atoms with Crippen LogP contribution >= 0.6 is 0 Å². The maximum atomic E-state index is 12.4. The van der Waals surface area contributed by atoms with E-state index in [0.29, 0.717) is 5.56 Å². The van der Waals surface area contributed by atoms with E-state index in [0.717, 1.165) is 24.2 Å². The molecule has 0 spiro atoms. The number of para-hydroxylation sites is 1. The van der Waals surface area contributed by atoms with E-state index >= 15 is 0 Å². The molecule has 0 aliphatic heterocycles. The van der Waals surface area contributed by atoms with Gasteiger partial charge in [-0.1, -0.05) is 32.0 Å². The number of carbonyl (C=O) groups excluding carboxylic acids is 1. The number of nitrogens with one attached hydrogen (secondary N) is 2. The molecule has 0 bridgehead atoms. The molecule has 2 rings (SSSR count). The van der Waals surface area contributed by atoms with Gasteiger partial charge < -0.3 is 10.6 Å². The summed E-state index contributed by atoms with van der Waals surface area (Å²) in [6.45, 7) is 4.21. The maximum Gasteiger partial charge on any atom is 0.255 e. The first-order chi connectivity index (χ1) is 10.2. The quantitative estimate of drug-likeness (QED) is 0.866. The first-order valence-corrected chi connectivity index (χ1v) is 7.39. The van der Waals surface area contributed by atoms with Gasteiger partial charge in [-0.3, -0.25) is 4.79 Å². The Morgan fingerprint density at radius 2 is 1.52 bits per heavy atom. The van der Waals surface area contributed by atoms with Crippen molar-refractivity contribution >= 4 is 17.3 Å². The summed E-state index contributed by atoms with van der Waals surface area (Å²) in [5.74, 6) is -0.0618. The number of carbonyl (C=O) groups is 1. The van der Waals surface area contributed by atoms with E-state index in [1.165, 1.54) is 11.1 Å². The van der Waals surface area contributed by atoms with Crippen LogP contribution in [0.1, 0.15) is 35.3 Å². The predicted molar refractivity (Wildman–Crippen MR) is 89.1 cm³/mol.